The molecule has 0 spiro atoms. The summed E-state index contributed by atoms with van der Waals surface area (Å²) in [6, 6.07) is 7.55. The van der Waals surface area contributed by atoms with Crippen LogP contribution >= 0.6 is 0 Å². The fraction of sp³-hybridized carbons (Fsp3) is 0.143. The van der Waals surface area contributed by atoms with Crippen molar-refractivity contribution in [2.75, 3.05) is 5.73 Å². The van der Waals surface area contributed by atoms with E-state index in [4.69, 9.17) is 11.5 Å². The normalized spacial score (nSPS) is 19.9. The van der Waals surface area contributed by atoms with Crippen molar-refractivity contribution in [2.45, 2.75) is 5.92 Å². The first-order valence-corrected chi connectivity index (χ1v) is 6.40. The molecule has 0 bridgehead atoms. The second-order valence-electron chi connectivity index (χ2n) is 4.86. The number of nitrogens with one attached hydrogen (secondary N) is 1. The maximum Gasteiger partial charge on any atom is 0.258 e. The number of aromatic amines is 1. The molecule has 1 aromatic carbocycles. The number of aliphatic imine (C=N–C) groups is 1. The van der Waals surface area contributed by atoms with Crippen LogP contribution in [0.1, 0.15) is 17.0 Å². The van der Waals surface area contributed by atoms with E-state index in [1.54, 1.807) is 0 Å². The third-order valence-electron chi connectivity index (χ3n) is 3.52. The minimum Gasteiger partial charge on any atom is -0.386 e. The highest BCUT2D eigenvalue weighted by Gasteiger charge is 2.36. The van der Waals surface area contributed by atoms with Crippen LogP contribution in [0, 0.1) is 23.1 Å². The average Bonchev–Trinajstić information content (AvgIpc) is 2.46. The number of nitrogens with two attached hydrogens (primary N) is 2. The van der Waals surface area contributed by atoms with E-state index in [0.717, 1.165) is 0 Å². The molecule has 0 aliphatic carbocycles. The molecule has 0 fully saturated rings. The lowest BCUT2D eigenvalue weighted by Gasteiger charge is -2.26. The smallest absolute Gasteiger partial charge is 0.258 e. The third kappa shape index (κ3) is 2.09. The van der Waals surface area contributed by atoms with Gasteiger partial charge in [0.15, 0.2) is 5.82 Å². The van der Waals surface area contributed by atoms with Gasteiger partial charge in [-0.15, -0.1) is 0 Å². The Kier molecular flexibility index (Phi) is 3.10. The summed E-state index contributed by atoms with van der Waals surface area (Å²) in [5.74, 6) is -1.91. The maximum atomic E-state index is 13.1. The van der Waals surface area contributed by atoms with Crippen molar-refractivity contribution in [3.63, 3.8) is 0 Å². The van der Waals surface area contributed by atoms with Crippen LogP contribution in [0.15, 0.2) is 34.1 Å². The summed E-state index contributed by atoms with van der Waals surface area (Å²) >= 11 is 0. The molecule has 2 atom stereocenters. The molecule has 22 heavy (non-hydrogen) atoms. The van der Waals surface area contributed by atoms with Gasteiger partial charge in [0.25, 0.3) is 5.56 Å². The molecule has 0 radical (unpaired) electrons. The number of hydrogen-bond acceptors (Lipinski definition) is 6. The number of hydrogen-bond donors (Lipinski definition) is 3. The van der Waals surface area contributed by atoms with E-state index in [0.29, 0.717) is 5.56 Å². The van der Waals surface area contributed by atoms with Crippen molar-refractivity contribution in [3.05, 3.63) is 51.6 Å². The van der Waals surface area contributed by atoms with E-state index in [-0.39, 0.29) is 23.2 Å². The molecule has 5 N–H and O–H groups in total. The number of halogens is 1. The molecule has 0 saturated heterocycles. The number of nitriles is 1. The number of aromatic nitrogens is 2. The van der Waals surface area contributed by atoms with Crippen LogP contribution in [0.3, 0.4) is 0 Å². The summed E-state index contributed by atoms with van der Waals surface area (Å²) in [6.45, 7) is 0. The maximum absolute atomic E-state index is 13.1. The van der Waals surface area contributed by atoms with Crippen molar-refractivity contribution in [1.29, 1.82) is 5.26 Å². The van der Waals surface area contributed by atoms with E-state index in [1.807, 2.05) is 6.07 Å². The zero-order valence-electron chi connectivity index (χ0n) is 11.2. The highest BCUT2D eigenvalue weighted by atomic mass is 19.1. The van der Waals surface area contributed by atoms with E-state index in [2.05, 4.69) is 15.0 Å². The average molecular weight is 298 g/mol. The summed E-state index contributed by atoms with van der Waals surface area (Å²) < 4.78 is 13.1. The largest absolute Gasteiger partial charge is 0.386 e. The fourth-order valence-electron chi connectivity index (χ4n) is 2.55. The predicted molar refractivity (Wildman–Crippen MR) is 77.9 cm³/mol. The predicted octanol–water partition coefficient (Wildman–Crippen LogP) is 0.765. The van der Waals surface area contributed by atoms with Gasteiger partial charge < -0.3 is 11.5 Å². The summed E-state index contributed by atoms with van der Waals surface area (Å²) in [4.78, 5) is 22.6. The van der Waals surface area contributed by atoms with Crippen LogP contribution in [-0.2, 0) is 0 Å². The van der Waals surface area contributed by atoms with E-state index in [1.165, 1.54) is 24.3 Å². The van der Waals surface area contributed by atoms with Crippen LogP contribution in [0.5, 0.6) is 0 Å². The van der Waals surface area contributed by atoms with Crippen LogP contribution in [-0.4, -0.2) is 15.8 Å². The molecule has 8 heteroatoms. The Bertz CT molecular complexity index is 864. The summed E-state index contributed by atoms with van der Waals surface area (Å²) in [5, 5.41) is 9.38. The highest BCUT2D eigenvalue weighted by molar-refractivity contribution is 5.91. The number of amidine groups is 1. The minimum absolute atomic E-state index is 0.0434. The minimum atomic E-state index is -0.843. The van der Waals surface area contributed by atoms with E-state index < -0.39 is 23.2 Å². The lowest BCUT2D eigenvalue weighted by atomic mass is 9.79. The molecule has 0 amide bonds. The quantitative estimate of drug-likeness (QED) is 0.714. The number of benzene rings is 1. The van der Waals surface area contributed by atoms with Crippen LogP contribution < -0.4 is 17.0 Å². The summed E-state index contributed by atoms with van der Waals surface area (Å²) in [5.41, 5.74) is 11.6. The second kappa shape index (κ2) is 4.96. The molecule has 1 aliphatic heterocycles. The van der Waals surface area contributed by atoms with Gasteiger partial charge in [-0.1, -0.05) is 12.1 Å². The lowest BCUT2D eigenvalue weighted by Crippen LogP contribution is -2.35. The summed E-state index contributed by atoms with van der Waals surface area (Å²) in [7, 11) is 0. The molecule has 110 valence electrons. The van der Waals surface area contributed by atoms with Gasteiger partial charge in [0.2, 0.25) is 5.95 Å². The molecular weight excluding hydrogens is 287 g/mol. The number of anilines is 1. The van der Waals surface area contributed by atoms with Crippen molar-refractivity contribution in [1.82, 2.24) is 9.97 Å². The number of fused-ring (bicyclic) bond motifs is 1. The fourth-order valence-corrected chi connectivity index (χ4v) is 2.55. The Balaban J connectivity index is 2.28. The number of rotatable bonds is 1. The first-order chi connectivity index (χ1) is 10.5. The first kappa shape index (κ1) is 13.8. The molecule has 0 unspecified atom stereocenters. The molecule has 3 rings (SSSR count). The van der Waals surface area contributed by atoms with Gasteiger partial charge in [0.1, 0.15) is 17.6 Å². The topological polar surface area (TPSA) is 134 Å². The van der Waals surface area contributed by atoms with E-state index in [9.17, 15) is 14.4 Å². The Labute approximate surface area is 124 Å². The summed E-state index contributed by atoms with van der Waals surface area (Å²) in [6.07, 6.45) is 0. The van der Waals surface area contributed by atoms with E-state index >= 15 is 0 Å². The number of H-pyrrole nitrogens is 1. The van der Waals surface area contributed by atoms with Crippen molar-refractivity contribution in [2.24, 2.45) is 16.6 Å². The van der Waals surface area contributed by atoms with Crippen LogP contribution in [0.25, 0.3) is 0 Å². The van der Waals surface area contributed by atoms with Crippen molar-refractivity contribution in [3.8, 4) is 6.07 Å². The molecule has 2 heterocycles. The van der Waals surface area contributed by atoms with Crippen LogP contribution in [0.4, 0.5) is 16.2 Å². The standard InChI is InChI=1S/C14H11FN6O/c15-7-3-1-6(2-4-7)9-8(5-16)11(17)19-12-10(9)13(22)21-14(18)20-12/h1-4,8-9H,(H5,17,18,19,20,21,22)/t8-,9+/m0/s1. The first-order valence-electron chi connectivity index (χ1n) is 6.40. The number of nitrogens with zero attached hydrogens (tertiary/aromatic N) is 3. The zero-order chi connectivity index (χ0) is 15.9. The molecule has 1 aliphatic rings. The number of nitrogen functional groups attached to an aromatic ring is 1. The van der Waals surface area contributed by atoms with Gasteiger partial charge in [-0.3, -0.25) is 9.78 Å². The zero-order valence-corrected chi connectivity index (χ0v) is 11.2. The molecule has 2 aromatic rings. The lowest BCUT2D eigenvalue weighted by molar-refractivity contribution is 0.624. The van der Waals surface area contributed by atoms with Gasteiger partial charge in [0, 0.05) is 5.92 Å². The van der Waals surface area contributed by atoms with Gasteiger partial charge in [-0.05, 0) is 17.7 Å². The van der Waals surface area contributed by atoms with Crippen molar-refractivity contribution >= 4 is 17.6 Å². The van der Waals surface area contributed by atoms with Crippen molar-refractivity contribution < 1.29 is 4.39 Å². The third-order valence-corrected chi connectivity index (χ3v) is 3.52. The van der Waals surface area contributed by atoms with Gasteiger partial charge >= 0.3 is 0 Å². The molecular formula is C14H11FN6O. The molecule has 7 nitrogen and oxygen atoms in total. The highest BCUT2D eigenvalue weighted by Crippen LogP contribution is 2.38. The Morgan fingerprint density at radius 2 is 1.95 bits per heavy atom. The SMILES string of the molecule is N#C[C@@H]1C(N)=Nc2nc(N)[nH]c(=O)c2[C@@H]1c1ccc(F)cc1. The van der Waals surface area contributed by atoms with Gasteiger partial charge in [-0.25, -0.2) is 9.38 Å². The Hall–Kier alpha value is -3.21. The van der Waals surface area contributed by atoms with Gasteiger partial charge in [0.05, 0.1) is 11.6 Å². The van der Waals surface area contributed by atoms with Crippen LogP contribution in [0.2, 0.25) is 0 Å². The molecule has 1 aromatic heterocycles. The Morgan fingerprint density at radius 1 is 1.27 bits per heavy atom. The Morgan fingerprint density at radius 3 is 2.59 bits per heavy atom. The molecule has 0 saturated carbocycles. The van der Waals surface area contributed by atoms with Gasteiger partial charge in [-0.2, -0.15) is 10.2 Å². The monoisotopic (exact) mass is 298 g/mol. The second-order valence-corrected chi connectivity index (χ2v) is 4.86.